The predicted molar refractivity (Wildman–Crippen MR) is 63.9 cm³/mol. The first-order chi connectivity index (χ1) is 7.74. The van der Waals surface area contributed by atoms with E-state index < -0.39 is 0 Å². The van der Waals surface area contributed by atoms with E-state index in [1.807, 2.05) is 18.2 Å². The molecule has 2 rings (SSSR count). The molecule has 1 aromatic heterocycles. The summed E-state index contributed by atoms with van der Waals surface area (Å²) >= 11 is 0. The summed E-state index contributed by atoms with van der Waals surface area (Å²) in [7, 11) is 0. The maximum absolute atomic E-state index is 9.05. The molecule has 0 bridgehead atoms. The van der Waals surface area contributed by atoms with E-state index >= 15 is 0 Å². The van der Waals surface area contributed by atoms with E-state index in [9.17, 15) is 0 Å². The lowest BCUT2D eigenvalue weighted by atomic mass is 9.95. The minimum Gasteiger partial charge on any atom is -0.245 e. The zero-order valence-electron chi connectivity index (χ0n) is 9.36. The van der Waals surface area contributed by atoms with Crippen molar-refractivity contribution in [3.63, 3.8) is 0 Å². The lowest BCUT2D eigenvalue weighted by Gasteiger charge is -2.10. The highest BCUT2D eigenvalue weighted by atomic mass is 14.7. The first-order valence-electron chi connectivity index (χ1n) is 5.15. The van der Waals surface area contributed by atoms with E-state index in [1.54, 1.807) is 6.20 Å². The third kappa shape index (κ3) is 1.68. The van der Waals surface area contributed by atoms with Gasteiger partial charge < -0.3 is 0 Å². The van der Waals surface area contributed by atoms with Crippen molar-refractivity contribution in [1.82, 2.24) is 4.98 Å². The van der Waals surface area contributed by atoms with Gasteiger partial charge in [0.25, 0.3) is 0 Å². The third-order valence-corrected chi connectivity index (χ3v) is 2.66. The van der Waals surface area contributed by atoms with Gasteiger partial charge in [-0.15, -0.1) is 0 Å². The molecule has 2 heteroatoms. The van der Waals surface area contributed by atoms with Gasteiger partial charge in [-0.25, -0.2) is 4.98 Å². The van der Waals surface area contributed by atoms with Crippen LogP contribution in [0, 0.1) is 25.2 Å². The van der Waals surface area contributed by atoms with Crippen LogP contribution < -0.4 is 0 Å². The van der Waals surface area contributed by atoms with Crippen LogP contribution in [-0.4, -0.2) is 4.98 Å². The van der Waals surface area contributed by atoms with Crippen molar-refractivity contribution in [2.24, 2.45) is 0 Å². The van der Waals surface area contributed by atoms with Gasteiger partial charge in [0.1, 0.15) is 11.8 Å². The Bertz CT molecular complexity index is 545. The highest BCUT2D eigenvalue weighted by molar-refractivity contribution is 5.74. The molecular weight excluding hydrogens is 196 g/mol. The van der Waals surface area contributed by atoms with Crippen LogP contribution in [0.2, 0.25) is 0 Å². The molecule has 0 amide bonds. The highest BCUT2D eigenvalue weighted by Crippen LogP contribution is 2.28. The number of benzene rings is 1. The maximum atomic E-state index is 9.05. The summed E-state index contributed by atoms with van der Waals surface area (Å²) in [5, 5.41) is 9.05. The number of nitrogens with zero attached hydrogens (tertiary/aromatic N) is 2. The van der Waals surface area contributed by atoms with Crippen LogP contribution in [0.25, 0.3) is 11.1 Å². The summed E-state index contributed by atoms with van der Waals surface area (Å²) in [4.78, 5) is 4.09. The van der Waals surface area contributed by atoms with E-state index in [0.29, 0.717) is 5.69 Å². The van der Waals surface area contributed by atoms with Crippen molar-refractivity contribution in [3.8, 4) is 17.2 Å². The molecule has 1 aromatic carbocycles. The number of rotatable bonds is 1. The summed E-state index contributed by atoms with van der Waals surface area (Å²) in [6.45, 7) is 4.10. The largest absolute Gasteiger partial charge is 0.245 e. The molecule has 0 saturated heterocycles. The fourth-order valence-electron chi connectivity index (χ4n) is 1.94. The molecular formula is C14H12N2. The maximum Gasteiger partial charge on any atom is 0.148 e. The number of nitriles is 1. The first-order valence-corrected chi connectivity index (χ1v) is 5.15. The van der Waals surface area contributed by atoms with Crippen LogP contribution in [0.1, 0.15) is 16.8 Å². The quantitative estimate of drug-likeness (QED) is 0.721. The summed E-state index contributed by atoms with van der Waals surface area (Å²) < 4.78 is 0. The van der Waals surface area contributed by atoms with Crippen LogP contribution in [0.15, 0.2) is 36.5 Å². The van der Waals surface area contributed by atoms with E-state index in [2.05, 4.69) is 37.0 Å². The SMILES string of the molecule is Cc1cccc(C)c1-c1cccnc1C#N. The lowest BCUT2D eigenvalue weighted by Crippen LogP contribution is -1.92. The van der Waals surface area contributed by atoms with Crippen LogP contribution in [0.4, 0.5) is 0 Å². The summed E-state index contributed by atoms with van der Waals surface area (Å²) in [5.74, 6) is 0. The smallest absolute Gasteiger partial charge is 0.148 e. The third-order valence-electron chi connectivity index (χ3n) is 2.66. The molecule has 2 aromatic rings. The topological polar surface area (TPSA) is 36.7 Å². The zero-order valence-corrected chi connectivity index (χ0v) is 9.36. The Hall–Kier alpha value is -2.14. The van der Waals surface area contributed by atoms with Crippen molar-refractivity contribution in [1.29, 1.82) is 5.26 Å². The second-order valence-corrected chi connectivity index (χ2v) is 3.78. The molecule has 0 aliphatic carbocycles. The number of hydrogen-bond donors (Lipinski definition) is 0. The monoisotopic (exact) mass is 208 g/mol. The van der Waals surface area contributed by atoms with Gasteiger partial charge in [-0.2, -0.15) is 5.26 Å². The molecule has 0 unspecified atom stereocenters. The molecule has 0 aliphatic heterocycles. The first kappa shape index (κ1) is 10.4. The minimum absolute atomic E-state index is 0.486. The average Bonchev–Trinajstić information content (AvgIpc) is 2.29. The van der Waals surface area contributed by atoms with Gasteiger partial charge in [0.05, 0.1) is 0 Å². The number of aromatic nitrogens is 1. The number of pyridine rings is 1. The standard InChI is InChI=1S/C14H12N2/c1-10-5-3-6-11(2)14(10)12-7-4-8-16-13(12)9-15/h3-8H,1-2H3. The molecule has 0 fully saturated rings. The Morgan fingerprint density at radius 3 is 2.38 bits per heavy atom. The van der Waals surface area contributed by atoms with Gasteiger partial charge in [0, 0.05) is 11.8 Å². The van der Waals surface area contributed by atoms with Crippen LogP contribution >= 0.6 is 0 Å². The Balaban J connectivity index is 2.73. The number of aryl methyl sites for hydroxylation is 2. The van der Waals surface area contributed by atoms with Gasteiger partial charge in [-0.3, -0.25) is 0 Å². The van der Waals surface area contributed by atoms with E-state index in [4.69, 9.17) is 5.26 Å². The van der Waals surface area contributed by atoms with Gasteiger partial charge in [0.2, 0.25) is 0 Å². The van der Waals surface area contributed by atoms with Crippen molar-refractivity contribution < 1.29 is 0 Å². The summed E-state index contributed by atoms with van der Waals surface area (Å²) in [6.07, 6.45) is 1.65. The van der Waals surface area contributed by atoms with Gasteiger partial charge in [-0.05, 0) is 42.7 Å². The number of hydrogen-bond acceptors (Lipinski definition) is 2. The Kier molecular flexibility index (Phi) is 2.70. The molecule has 78 valence electrons. The highest BCUT2D eigenvalue weighted by Gasteiger charge is 2.09. The van der Waals surface area contributed by atoms with E-state index in [0.717, 1.165) is 11.1 Å². The van der Waals surface area contributed by atoms with E-state index in [1.165, 1.54) is 11.1 Å². The van der Waals surface area contributed by atoms with Crippen LogP contribution in [0.5, 0.6) is 0 Å². The molecule has 2 nitrogen and oxygen atoms in total. The molecule has 0 atom stereocenters. The Morgan fingerprint density at radius 1 is 1.06 bits per heavy atom. The summed E-state index contributed by atoms with van der Waals surface area (Å²) in [6, 6.07) is 12.1. The van der Waals surface area contributed by atoms with Crippen LogP contribution in [-0.2, 0) is 0 Å². The average molecular weight is 208 g/mol. The van der Waals surface area contributed by atoms with Crippen LogP contribution in [0.3, 0.4) is 0 Å². The van der Waals surface area contributed by atoms with Crippen molar-refractivity contribution in [2.45, 2.75) is 13.8 Å². The predicted octanol–water partition coefficient (Wildman–Crippen LogP) is 3.24. The van der Waals surface area contributed by atoms with Gasteiger partial charge in [-0.1, -0.05) is 18.2 Å². The normalized spacial score (nSPS) is 9.81. The minimum atomic E-state index is 0.486. The Labute approximate surface area is 95.2 Å². The second kappa shape index (κ2) is 4.16. The zero-order chi connectivity index (χ0) is 11.5. The van der Waals surface area contributed by atoms with Gasteiger partial charge >= 0.3 is 0 Å². The fraction of sp³-hybridized carbons (Fsp3) is 0.143. The summed E-state index contributed by atoms with van der Waals surface area (Å²) in [5.41, 5.74) is 4.86. The molecule has 0 aliphatic rings. The van der Waals surface area contributed by atoms with E-state index in [-0.39, 0.29) is 0 Å². The molecule has 0 spiro atoms. The Morgan fingerprint density at radius 2 is 1.75 bits per heavy atom. The molecule has 1 heterocycles. The molecule has 0 saturated carbocycles. The van der Waals surface area contributed by atoms with Crippen molar-refractivity contribution in [2.75, 3.05) is 0 Å². The van der Waals surface area contributed by atoms with Crippen molar-refractivity contribution >= 4 is 0 Å². The lowest BCUT2D eigenvalue weighted by molar-refractivity contribution is 1.25. The fourth-order valence-corrected chi connectivity index (χ4v) is 1.94. The molecule has 0 N–H and O–H groups in total. The second-order valence-electron chi connectivity index (χ2n) is 3.78. The molecule has 0 radical (unpaired) electrons. The van der Waals surface area contributed by atoms with Crippen molar-refractivity contribution in [3.05, 3.63) is 53.3 Å². The molecule has 16 heavy (non-hydrogen) atoms. The van der Waals surface area contributed by atoms with Gasteiger partial charge in [0.15, 0.2) is 0 Å².